The summed E-state index contributed by atoms with van der Waals surface area (Å²) in [5.41, 5.74) is 2.12. The van der Waals surface area contributed by atoms with Crippen molar-refractivity contribution in [3.05, 3.63) is 65.7 Å². The van der Waals surface area contributed by atoms with E-state index in [-0.39, 0.29) is 17.4 Å². The van der Waals surface area contributed by atoms with Crippen molar-refractivity contribution >= 4 is 17.5 Å². The minimum absolute atomic E-state index is 0.0877. The lowest BCUT2D eigenvalue weighted by molar-refractivity contribution is -0.117. The van der Waals surface area contributed by atoms with Gasteiger partial charge in [0.25, 0.3) is 5.91 Å². The van der Waals surface area contributed by atoms with E-state index in [0.717, 1.165) is 5.56 Å². The zero-order chi connectivity index (χ0) is 19.2. The maximum Gasteiger partial charge on any atom is 0.251 e. The molecule has 0 radical (unpaired) electrons. The zero-order valence-corrected chi connectivity index (χ0v) is 15.9. The number of nitrogens with one attached hydrogen (secondary N) is 2. The van der Waals surface area contributed by atoms with Crippen molar-refractivity contribution in [2.75, 3.05) is 18.9 Å². The van der Waals surface area contributed by atoms with Crippen LogP contribution in [0.5, 0.6) is 0 Å². The first-order chi connectivity index (χ1) is 12.2. The Balaban J connectivity index is 1.86. The van der Waals surface area contributed by atoms with Gasteiger partial charge in [-0.1, -0.05) is 30.3 Å². The zero-order valence-electron chi connectivity index (χ0n) is 15.9. The number of likely N-dealkylation sites (N-methyl/N-ethyl adjacent to an activating group) is 1. The molecule has 2 N–H and O–H groups in total. The highest BCUT2D eigenvalue weighted by molar-refractivity contribution is 5.96. The van der Waals surface area contributed by atoms with Gasteiger partial charge in [0, 0.05) is 23.3 Å². The highest BCUT2D eigenvalue weighted by Crippen LogP contribution is 2.11. The van der Waals surface area contributed by atoms with Gasteiger partial charge in [-0.3, -0.25) is 14.5 Å². The second-order valence-electron chi connectivity index (χ2n) is 7.49. The number of anilines is 1. The van der Waals surface area contributed by atoms with Crippen LogP contribution in [0.4, 0.5) is 5.69 Å². The van der Waals surface area contributed by atoms with E-state index in [0.29, 0.717) is 24.3 Å². The molecule has 0 spiro atoms. The molecule has 2 amide bonds. The molecular formula is C21H27N3O2. The van der Waals surface area contributed by atoms with E-state index in [1.165, 1.54) is 0 Å². The van der Waals surface area contributed by atoms with Crippen molar-refractivity contribution < 1.29 is 9.59 Å². The molecule has 2 aromatic carbocycles. The molecule has 2 rings (SSSR count). The van der Waals surface area contributed by atoms with E-state index in [9.17, 15) is 9.59 Å². The largest absolute Gasteiger partial charge is 0.347 e. The van der Waals surface area contributed by atoms with E-state index in [2.05, 4.69) is 10.6 Å². The van der Waals surface area contributed by atoms with Crippen LogP contribution in [0.2, 0.25) is 0 Å². The SMILES string of the molecule is CN(CC(=O)Nc1ccc(C(=O)NC(C)(C)C)cc1)Cc1ccccc1. The Bertz CT molecular complexity index is 734. The Morgan fingerprint density at radius 2 is 1.58 bits per heavy atom. The van der Waals surface area contributed by atoms with E-state index in [1.807, 2.05) is 63.1 Å². The molecule has 0 saturated heterocycles. The number of carbonyl (C=O) groups is 2. The second-order valence-corrected chi connectivity index (χ2v) is 7.49. The van der Waals surface area contributed by atoms with Crippen LogP contribution in [-0.2, 0) is 11.3 Å². The van der Waals surface area contributed by atoms with Crippen LogP contribution in [0.1, 0.15) is 36.7 Å². The van der Waals surface area contributed by atoms with Gasteiger partial charge in [0.05, 0.1) is 6.54 Å². The molecule has 5 nitrogen and oxygen atoms in total. The summed E-state index contributed by atoms with van der Waals surface area (Å²) in [6.07, 6.45) is 0. The Morgan fingerprint density at radius 1 is 0.962 bits per heavy atom. The molecule has 5 heteroatoms. The van der Waals surface area contributed by atoms with Crippen LogP contribution >= 0.6 is 0 Å². The summed E-state index contributed by atoms with van der Waals surface area (Å²) in [6.45, 7) is 6.81. The number of rotatable bonds is 6. The molecule has 0 aliphatic heterocycles. The van der Waals surface area contributed by atoms with E-state index in [1.54, 1.807) is 24.3 Å². The maximum atomic E-state index is 12.2. The highest BCUT2D eigenvalue weighted by atomic mass is 16.2. The fraction of sp³-hybridized carbons (Fsp3) is 0.333. The fourth-order valence-corrected chi connectivity index (χ4v) is 2.51. The summed E-state index contributed by atoms with van der Waals surface area (Å²) in [5.74, 6) is -0.215. The molecule has 0 aliphatic carbocycles. The van der Waals surface area contributed by atoms with Crippen molar-refractivity contribution in [3.63, 3.8) is 0 Å². The summed E-state index contributed by atoms with van der Waals surface area (Å²) in [4.78, 5) is 26.2. The van der Waals surface area contributed by atoms with Gasteiger partial charge in [0.1, 0.15) is 0 Å². The Hall–Kier alpha value is -2.66. The standard InChI is InChI=1S/C21H27N3O2/c1-21(2,3)23-20(26)17-10-12-18(13-11-17)22-19(25)15-24(4)14-16-8-6-5-7-9-16/h5-13H,14-15H2,1-4H3,(H,22,25)(H,23,26). The van der Waals surface area contributed by atoms with Gasteiger partial charge in [-0.2, -0.15) is 0 Å². The average molecular weight is 353 g/mol. The number of benzene rings is 2. The van der Waals surface area contributed by atoms with Crippen LogP contribution < -0.4 is 10.6 Å². The van der Waals surface area contributed by atoms with Gasteiger partial charge >= 0.3 is 0 Å². The molecule has 0 heterocycles. The summed E-state index contributed by atoms with van der Waals surface area (Å²) in [6, 6.07) is 16.9. The van der Waals surface area contributed by atoms with Crippen LogP contribution in [0.25, 0.3) is 0 Å². The number of nitrogens with zero attached hydrogens (tertiary/aromatic N) is 1. The van der Waals surface area contributed by atoms with E-state index >= 15 is 0 Å². The summed E-state index contributed by atoms with van der Waals surface area (Å²) in [5, 5.41) is 5.77. The summed E-state index contributed by atoms with van der Waals surface area (Å²) < 4.78 is 0. The topological polar surface area (TPSA) is 61.4 Å². The molecule has 0 saturated carbocycles. The Labute approximate surface area is 155 Å². The first-order valence-corrected chi connectivity index (χ1v) is 8.68. The maximum absolute atomic E-state index is 12.2. The summed E-state index contributed by atoms with van der Waals surface area (Å²) >= 11 is 0. The van der Waals surface area contributed by atoms with E-state index in [4.69, 9.17) is 0 Å². The molecule has 26 heavy (non-hydrogen) atoms. The van der Waals surface area contributed by atoms with Gasteiger partial charge < -0.3 is 10.6 Å². The first-order valence-electron chi connectivity index (χ1n) is 8.68. The predicted molar refractivity (Wildman–Crippen MR) is 105 cm³/mol. The van der Waals surface area contributed by atoms with Crippen molar-refractivity contribution in [1.82, 2.24) is 10.2 Å². The number of carbonyl (C=O) groups excluding carboxylic acids is 2. The van der Waals surface area contributed by atoms with Gasteiger partial charge in [0.15, 0.2) is 0 Å². The molecular weight excluding hydrogens is 326 g/mol. The van der Waals surface area contributed by atoms with Gasteiger partial charge in [-0.05, 0) is 57.6 Å². The third-order valence-corrected chi connectivity index (χ3v) is 3.63. The first kappa shape index (κ1) is 19.7. The third kappa shape index (κ3) is 6.69. The smallest absolute Gasteiger partial charge is 0.251 e. The number of hydrogen-bond acceptors (Lipinski definition) is 3. The van der Waals surface area contributed by atoms with Crippen molar-refractivity contribution in [1.29, 1.82) is 0 Å². The lowest BCUT2D eigenvalue weighted by atomic mass is 10.1. The quantitative estimate of drug-likeness (QED) is 0.838. The van der Waals surface area contributed by atoms with Crippen molar-refractivity contribution in [2.24, 2.45) is 0 Å². The lowest BCUT2D eigenvalue weighted by Gasteiger charge is -2.20. The lowest BCUT2D eigenvalue weighted by Crippen LogP contribution is -2.40. The molecule has 0 aliphatic rings. The minimum Gasteiger partial charge on any atom is -0.347 e. The van der Waals surface area contributed by atoms with Gasteiger partial charge in [-0.15, -0.1) is 0 Å². The fourth-order valence-electron chi connectivity index (χ4n) is 2.51. The van der Waals surface area contributed by atoms with Gasteiger partial charge in [0.2, 0.25) is 5.91 Å². The molecule has 2 aromatic rings. The molecule has 0 atom stereocenters. The highest BCUT2D eigenvalue weighted by Gasteiger charge is 2.15. The molecule has 138 valence electrons. The van der Waals surface area contributed by atoms with Crippen LogP contribution in [0.3, 0.4) is 0 Å². The third-order valence-electron chi connectivity index (χ3n) is 3.63. The molecule has 0 unspecified atom stereocenters. The Kier molecular flexibility index (Phi) is 6.52. The summed E-state index contributed by atoms with van der Waals surface area (Å²) in [7, 11) is 1.91. The van der Waals surface area contributed by atoms with Crippen LogP contribution in [-0.4, -0.2) is 35.8 Å². The predicted octanol–water partition coefficient (Wildman–Crippen LogP) is 3.29. The van der Waals surface area contributed by atoms with E-state index < -0.39 is 0 Å². The second kappa shape index (κ2) is 8.63. The molecule has 0 bridgehead atoms. The minimum atomic E-state index is -0.284. The van der Waals surface area contributed by atoms with Gasteiger partial charge in [-0.25, -0.2) is 0 Å². The average Bonchev–Trinajstić information content (AvgIpc) is 2.54. The normalized spacial score (nSPS) is 11.3. The number of hydrogen-bond donors (Lipinski definition) is 2. The Morgan fingerprint density at radius 3 is 2.15 bits per heavy atom. The molecule has 0 aromatic heterocycles. The number of amides is 2. The van der Waals surface area contributed by atoms with Crippen LogP contribution in [0.15, 0.2) is 54.6 Å². The van der Waals surface area contributed by atoms with Crippen molar-refractivity contribution in [3.8, 4) is 0 Å². The molecule has 0 fully saturated rings. The van der Waals surface area contributed by atoms with Crippen LogP contribution in [0, 0.1) is 0 Å². The monoisotopic (exact) mass is 353 g/mol. The van der Waals surface area contributed by atoms with Crippen molar-refractivity contribution in [2.45, 2.75) is 32.9 Å².